The van der Waals surface area contributed by atoms with Crippen molar-refractivity contribution in [2.45, 2.75) is 19.1 Å². The van der Waals surface area contributed by atoms with Crippen molar-refractivity contribution in [3.05, 3.63) is 107 Å². The van der Waals surface area contributed by atoms with Crippen molar-refractivity contribution in [2.75, 3.05) is 20.2 Å². The molecule has 1 atom stereocenters. The van der Waals surface area contributed by atoms with Crippen LogP contribution >= 0.6 is 11.6 Å². The van der Waals surface area contributed by atoms with Crippen LogP contribution in [0.15, 0.2) is 84.9 Å². The van der Waals surface area contributed by atoms with Crippen molar-refractivity contribution in [3.8, 4) is 34.1 Å². The second-order valence-electron chi connectivity index (χ2n) is 8.63. The van der Waals surface area contributed by atoms with Gasteiger partial charge < -0.3 is 30.1 Å². The van der Waals surface area contributed by atoms with Gasteiger partial charge in [0.05, 0.1) is 19.8 Å². The van der Waals surface area contributed by atoms with Crippen molar-refractivity contribution in [1.29, 1.82) is 0 Å². The third-order valence-corrected chi connectivity index (χ3v) is 6.29. The smallest absolute Gasteiger partial charge is 0.128 e. The molecule has 0 spiro atoms. The van der Waals surface area contributed by atoms with Crippen LogP contribution in [0.4, 0.5) is 0 Å². The van der Waals surface area contributed by atoms with Crippen LogP contribution in [0.1, 0.15) is 22.8 Å². The van der Waals surface area contributed by atoms with Gasteiger partial charge in [-0.3, -0.25) is 0 Å². The van der Waals surface area contributed by atoms with Crippen LogP contribution in [-0.4, -0.2) is 35.5 Å². The van der Waals surface area contributed by atoms with E-state index >= 15 is 0 Å². The SMILES string of the molecule is COc1ccc(Oc2ccc(CCNCC(O)c3ccc(O)c(CO)c3)cc2)cc1-c1cccc(Cl)c1. The van der Waals surface area contributed by atoms with Gasteiger partial charge >= 0.3 is 0 Å². The Morgan fingerprint density at radius 1 is 0.919 bits per heavy atom. The van der Waals surface area contributed by atoms with Gasteiger partial charge in [0, 0.05) is 22.7 Å². The molecule has 0 fully saturated rings. The molecule has 192 valence electrons. The maximum atomic E-state index is 10.4. The van der Waals surface area contributed by atoms with Crippen LogP contribution in [-0.2, 0) is 13.0 Å². The molecule has 0 aliphatic rings. The van der Waals surface area contributed by atoms with Crippen LogP contribution in [0.5, 0.6) is 23.0 Å². The Bertz CT molecular complexity index is 1330. The first-order valence-corrected chi connectivity index (χ1v) is 12.4. The molecule has 0 heterocycles. The third-order valence-electron chi connectivity index (χ3n) is 6.05. The number of hydrogen-bond acceptors (Lipinski definition) is 6. The zero-order chi connectivity index (χ0) is 26.2. The van der Waals surface area contributed by atoms with Crippen LogP contribution in [0.2, 0.25) is 5.02 Å². The van der Waals surface area contributed by atoms with Gasteiger partial charge in [0.15, 0.2) is 0 Å². The number of aliphatic hydroxyl groups is 2. The number of methoxy groups -OCH3 is 1. The summed E-state index contributed by atoms with van der Waals surface area (Å²) in [6, 6.07) is 25.9. The fraction of sp³-hybridized carbons (Fsp3) is 0.200. The lowest BCUT2D eigenvalue weighted by Gasteiger charge is -2.14. The van der Waals surface area contributed by atoms with Crippen molar-refractivity contribution >= 4 is 11.6 Å². The molecule has 0 amide bonds. The molecule has 37 heavy (non-hydrogen) atoms. The van der Waals surface area contributed by atoms with Gasteiger partial charge in [-0.2, -0.15) is 0 Å². The van der Waals surface area contributed by atoms with Gasteiger partial charge in [-0.05, 0) is 84.3 Å². The summed E-state index contributed by atoms with van der Waals surface area (Å²) in [6.45, 7) is 0.772. The molecule has 1 unspecified atom stereocenters. The molecule has 0 radical (unpaired) electrons. The maximum absolute atomic E-state index is 10.4. The van der Waals surface area contributed by atoms with Crippen LogP contribution in [0, 0.1) is 0 Å². The molecule has 0 bridgehead atoms. The largest absolute Gasteiger partial charge is 0.508 e. The van der Waals surface area contributed by atoms with E-state index in [1.54, 1.807) is 19.2 Å². The number of ether oxygens (including phenoxy) is 2. The highest BCUT2D eigenvalue weighted by Crippen LogP contribution is 2.36. The number of aliphatic hydroxyl groups excluding tert-OH is 2. The summed E-state index contributed by atoms with van der Waals surface area (Å²) in [5.74, 6) is 2.17. The Balaban J connectivity index is 1.31. The van der Waals surface area contributed by atoms with E-state index in [2.05, 4.69) is 5.32 Å². The van der Waals surface area contributed by atoms with Crippen LogP contribution < -0.4 is 14.8 Å². The zero-order valence-electron chi connectivity index (χ0n) is 20.5. The first-order chi connectivity index (χ1) is 18.0. The molecule has 7 heteroatoms. The van der Waals surface area contributed by atoms with Crippen molar-refractivity contribution < 1.29 is 24.8 Å². The summed E-state index contributed by atoms with van der Waals surface area (Å²) in [5, 5.41) is 33.2. The monoisotopic (exact) mass is 519 g/mol. The second-order valence-corrected chi connectivity index (χ2v) is 9.07. The van der Waals surface area contributed by atoms with Crippen LogP contribution in [0.3, 0.4) is 0 Å². The summed E-state index contributed by atoms with van der Waals surface area (Å²) in [4.78, 5) is 0. The standard InChI is InChI=1S/C30H30ClNO5/c1-36-30-12-10-26(17-27(30)21-3-2-4-24(31)16-21)37-25-8-5-20(6-9-25)13-14-32-18-29(35)22-7-11-28(34)23(15-22)19-33/h2-12,15-17,29,32-35H,13-14,18-19H2,1H3. The first-order valence-electron chi connectivity index (χ1n) is 12.0. The van der Waals surface area contributed by atoms with E-state index in [4.69, 9.17) is 21.1 Å². The van der Waals surface area contributed by atoms with Crippen LogP contribution in [0.25, 0.3) is 11.1 Å². The first kappa shape index (κ1) is 26.5. The Morgan fingerprint density at radius 2 is 1.70 bits per heavy atom. The summed E-state index contributed by atoms with van der Waals surface area (Å²) >= 11 is 6.17. The predicted molar refractivity (Wildman–Crippen MR) is 146 cm³/mol. The molecule has 4 N–H and O–H groups in total. The quantitative estimate of drug-likeness (QED) is 0.185. The lowest BCUT2D eigenvalue weighted by molar-refractivity contribution is 0.174. The number of nitrogens with one attached hydrogen (secondary N) is 1. The maximum Gasteiger partial charge on any atom is 0.128 e. The average Bonchev–Trinajstić information content (AvgIpc) is 2.92. The zero-order valence-corrected chi connectivity index (χ0v) is 21.3. The fourth-order valence-electron chi connectivity index (χ4n) is 4.02. The highest BCUT2D eigenvalue weighted by Gasteiger charge is 2.11. The summed E-state index contributed by atoms with van der Waals surface area (Å²) in [5.41, 5.74) is 4.02. The number of phenols is 1. The second kappa shape index (κ2) is 12.6. The van der Waals surface area contributed by atoms with Gasteiger partial charge in [0.25, 0.3) is 0 Å². The number of aromatic hydroxyl groups is 1. The van der Waals surface area contributed by atoms with Crippen molar-refractivity contribution in [1.82, 2.24) is 5.32 Å². The molecule has 0 saturated carbocycles. The number of rotatable bonds is 11. The van der Waals surface area contributed by atoms with Crippen molar-refractivity contribution in [2.24, 2.45) is 0 Å². The van der Waals surface area contributed by atoms with E-state index < -0.39 is 6.10 Å². The third kappa shape index (κ3) is 7.02. The highest BCUT2D eigenvalue weighted by molar-refractivity contribution is 6.30. The van der Waals surface area contributed by atoms with Gasteiger partial charge in [0.2, 0.25) is 0 Å². The van der Waals surface area contributed by atoms with Gasteiger partial charge in [-0.15, -0.1) is 0 Å². The Labute approximate surface area is 221 Å². The molecular weight excluding hydrogens is 490 g/mol. The lowest BCUT2D eigenvalue weighted by atomic mass is 10.0. The summed E-state index contributed by atoms with van der Waals surface area (Å²) in [6.07, 6.45) is 0.0503. The van der Waals surface area contributed by atoms with Gasteiger partial charge in [0.1, 0.15) is 23.0 Å². The predicted octanol–water partition coefficient (Wildman–Crippen LogP) is 5.87. The molecule has 0 saturated heterocycles. The van der Waals surface area contributed by atoms with Gasteiger partial charge in [-0.1, -0.05) is 41.9 Å². The molecular formula is C30H30ClNO5. The molecule has 4 aromatic carbocycles. The molecule has 6 nitrogen and oxygen atoms in total. The van der Waals surface area contributed by atoms with E-state index in [-0.39, 0.29) is 12.4 Å². The molecule has 4 aromatic rings. The molecule has 4 rings (SSSR count). The number of hydrogen-bond donors (Lipinski definition) is 4. The van der Waals surface area contributed by atoms with E-state index in [0.29, 0.717) is 35.0 Å². The van der Waals surface area contributed by atoms with E-state index in [0.717, 1.165) is 34.6 Å². The summed E-state index contributed by atoms with van der Waals surface area (Å²) < 4.78 is 11.6. The number of benzene rings is 4. The normalized spacial score (nSPS) is 11.8. The average molecular weight is 520 g/mol. The minimum Gasteiger partial charge on any atom is -0.508 e. The Hall–Kier alpha value is -3.55. The molecule has 0 aliphatic heterocycles. The van der Waals surface area contributed by atoms with Crippen molar-refractivity contribution in [3.63, 3.8) is 0 Å². The van der Waals surface area contributed by atoms with E-state index in [1.165, 1.54) is 6.07 Å². The van der Waals surface area contributed by atoms with Gasteiger partial charge in [-0.25, -0.2) is 0 Å². The van der Waals surface area contributed by atoms with E-state index in [9.17, 15) is 15.3 Å². The molecule has 0 aromatic heterocycles. The minimum atomic E-state index is -0.733. The topological polar surface area (TPSA) is 91.2 Å². The Morgan fingerprint density at radius 3 is 2.43 bits per heavy atom. The minimum absolute atomic E-state index is 0.0207. The number of halogens is 1. The van der Waals surface area contributed by atoms with E-state index in [1.807, 2.05) is 66.7 Å². The molecule has 0 aliphatic carbocycles. The highest BCUT2D eigenvalue weighted by atomic mass is 35.5. The summed E-state index contributed by atoms with van der Waals surface area (Å²) in [7, 11) is 1.64. The lowest BCUT2D eigenvalue weighted by Crippen LogP contribution is -2.23. The Kier molecular flexibility index (Phi) is 9.04. The fourth-order valence-corrected chi connectivity index (χ4v) is 4.21.